The number of rotatable bonds is 8. The quantitative estimate of drug-likeness (QED) is 0.724. The number of nitrogens with two attached hydrogens (primary N) is 1. The lowest BCUT2D eigenvalue weighted by Crippen LogP contribution is -2.48. The van der Waals surface area contributed by atoms with E-state index in [1.807, 2.05) is 13.8 Å². The van der Waals surface area contributed by atoms with Crippen LogP contribution in [0.5, 0.6) is 0 Å². The van der Waals surface area contributed by atoms with E-state index in [0.29, 0.717) is 5.75 Å². The van der Waals surface area contributed by atoms with Crippen molar-refractivity contribution in [1.82, 2.24) is 5.32 Å². The normalized spacial score (nSPS) is 13.5. The van der Waals surface area contributed by atoms with Gasteiger partial charge < -0.3 is 11.1 Å². The van der Waals surface area contributed by atoms with E-state index in [0.717, 1.165) is 11.3 Å². The van der Waals surface area contributed by atoms with Crippen molar-refractivity contribution in [3.05, 3.63) is 30.1 Å². The van der Waals surface area contributed by atoms with Crippen LogP contribution in [0.1, 0.15) is 26.7 Å². The first-order valence-corrected chi connectivity index (χ1v) is 7.89. The molecule has 0 aliphatic carbocycles. The molecule has 1 rings (SSSR count). The predicted octanol–water partition coefficient (Wildman–Crippen LogP) is 2.32. The zero-order valence-corrected chi connectivity index (χ0v) is 13.1. The number of hydrogen-bond donors (Lipinski definition) is 2. The van der Waals surface area contributed by atoms with Crippen molar-refractivity contribution in [2.45, 2.75) is 37.6 Å². The minimum Gasteiger partial charge on any atom is -0.368 e. The average Bonchev–Trinajstić information content (AvgIpc) is 2.45. The Balaban J connectivity index is 2.39. The van der Waals surface area contributed by atoms with Crippen molar-refractivity contribution < 1.29 is 14.0 Å². The van der Waals surface area contributed by atoms with Gasteiger partial charge in [0.05, 0.1) is 0 Å². The van der Waals surface area contributed by atoms with E-state index >= 15 is 0 Å². The molecule has 116 valence electrons. The zero-order chi connectivity index (χ0) is 15.8. The van der Waals surface area contributed by atoms with Gasteiger partial charge in [0.2, 0.25) is 11.8 Å². The van der Waals surface area contributed by atoms with Gasteiger partial charge in [-0.25, -0.2) is 4.39 Å². The fourth-order valence-electron chi connectivity index (χ4n) is 1.77. The van der Waals surface area contributed by atoms with Crippen LogP contribution in [0, 0.1) is 11.7 Å². The Kier molecular flexibility index (Phi) is 7.22. The molecular weight excluding hydrogens is 291 g/mol. The third-order valence-electron chi connectivity index (χ3n) is 3.25. The molecule has 0 spiro atoms. The zero-order valence-electron chi connectivity index (χ0n) is 12.3. The van der Waals surface area contributed by atoms with Crippen LogP contribution in [-0.4, -0.2) is 23.6 Å². The van der Waals surface area contributed by atoms with Crippen molar-refractivity contribution in [1.29, 1.82) is 0 Å². The van der Waals surface area contributed by atoms with E-state index in [9.17, 15) is 14.0 Å². The fourth-order valence-corrected chi connectivity index (χ4v) is 2.62. The summed E-state index contributed by atoms with van der Waals surface area (Å²) >= 11 is 1.46. The number of benzene rings is 1. The number of hydrogen-bond acceptors (Lipinski definition) is 3. The first kappa shape index (κ1) is 17.5. The number of carbonyl (C=O) groups excluding carboxylic acids is 2. The summed E-state index contributed by atoms with van der Waals surface area (Å²) < 4.78 is 12.7. The Hall–Kier alpha value is -1.56. The maximum Gasteiger partial charge on any atom is 0.240 e. The lowest BCUT2D eigenvalue weighted by Gasteiger charge is -2.21. The largest absolute Gasteiger partial charge is 0.368 e. The first-order valence-electron chi connectivity index (χ1n) is 6.91. The van der Waals surface area contributed by atoms with E-state index in [4.69, 9.17) is 5.73 Å². The predicted molar refractivity (Wildman–Crippen MR) is 82.3 cm³/mol. The molecule has 6 heteroatoms. The van der Waals surface area contributed by atoms with E-state index in [2.05, 4.69) is 5.32 Å². The number of halogens is 1. The van der Waals surface area contributed by atoms with Gasteiger partial charge >= 0.3 is 0 Å². The van der Waals surface area contributed by atoms with Crippen LogP contribution in [0.15, 0.2) is 29.2 Å². The molecule has 0 aliphatic heterocycles. The van der Waals surface area contributed by atoms with Crippen LogP contribution in [0.3, 0.4) is 0 Å². The molecule has 0 bridgehead atoms. The number of nitrogens with one attached hydrogen (secondary N) is 1. The van der Waals surface area contributed by atoms with Gasteiger partial charge in [0, 0.05) is 17.1 Å². The lowest BCUT2D eigenvalue weighted by atomic mass is 9.98. The molecule has 3 N–H and O–H groups in total. The molecule has 0 heterocycles. The monoisotopic (exact) mass is 312 g/mol. The van der Waals surface area contributed by atoms with Crippen molar-refractivity contribution in [2.75, 3.05) is 5.75 Å². The van der Waals surface area contributed by atoms with Crippen LogP contribution >= 0.6 is 11.8 Å². The summed E-state index contributed by atoms with van der Waals surface area (Å²) in [7, 11) is 0. The molecule has 0 fully saturated rings. The molecule has 2 atom stereocenters. The van der Waals surface area contributed by atoms with Gasteiger partial charge in [0.15, 0.2) is 0 Å². The number of primary amides is 1. The molecular formula is C15H21FN2O2S. The van der Waals surface area contributed by atoms with E-state index in [-0.39, 0.29) is 24.1 Å². The van der Waals surface area contributed by atoms with Gasteiger partial charge in [-0.15, -0.1) is 11.8 Å². The van der Waals surface area contributed by atoms with Crippen molar-refractivity contribution >= 4 is 23.6 Å². The van der Waals surface area contributed by atoms with Crippen LogP contribution < -0.4 is 11.1 Å². The van der Waals surface area contributed by atoms with Gasteiger partial charge in [0.1, 0.15) is 11.9 Å². The highest BCUT2D eigenvalue weighted by atomic mass is 32.2. The maximum absolute atomic E-state index is 12.7. The summed E-state index contributed by atoms with van der Waals surface area (Å²) in [4.78, 5) is 24.1. The molecule has 21 heavy (non-hydrogen) atoms. The van der Waals surface area contributed by atoms with Crippen molar-refractivity contribution in [2.24, 2.45) is 11.7 Å². The topological polar surface area (TPSA) is 72.2 Å². The first-order chi connectivity index (χ1) is 9.93. The van der Waals surface area contributed by atoms with E-state index in [1.165, 1.54) is 23.9 Å². The average molecular weight is 312 g/mol. The fraction of sp³-hybridized carbons (Fsp3) is 0.467. The second-order valence-corrected chi connectivity index (χ2v) is 6.05. The smallest absolute Gasteiger partial charge is 0.240 e. The van der Waals surface area contributed by atoms with E-state index in [1.54, 1.807) is 12.1 Å². The number of amides is 2. The summed E-state index contributed by atoms with van der Waals surface area (Å²) in [6, 6.07) is 5.48. The summed E-state index contributed by atoms with van der Waals surface area (Å²) in [5, 5.41) is 2.68. The molecule has 4 nitrogen and oxygen atoms in total. The summed E-state index contributed by atoms with van der Waals surface area (Å²) in [5.41, 5.74) is 5.30. The third kappa shape index (κ3) is 6.16. The highest BCUT2D eigenvalue weighted by Crippen LogP contribution is 2.18. The molecule has 1 aromatic carbocycles. The van der Waals surface area contributed by atoms with Gasteiger partial charge in [-0.1, -0.05) is 20.3 Å². The Morgan fingerprint density at radius 2 is 1.95 bits per heavy atom. The Labute approximate surface area is 128 Å². The molecule has 2 unspecified atom stereocenters. The van der Waals surface area contributed by atoms with E-state index < -0.39 is 11.9 Å². The molecule has 0 saturated carbocycles. The summed E-state index contributed by atoms with van der Waals surface area (Å²) in [5.74, 6) is -0.424. The van der Waals surface area contributed by atoms with Crippen LogP contribution in [0.2, 0.25) is 0 Å². The lowest BCUT2D eigenvalue weighted by molar-refractivity contribution is -0.128. The van der Waals surface area contributed by atoms with Crippen LogP contribution in [0.4, 0.5) is 4.39 Å². The molecule has 0 radical (unpaired) electrons. The SMILES string of the molecule is CCC(C)C(NC(=O)CCSc1ccc(F)cc1)C(N)=O. The van der Waals surface area contributed by atoms with Crippen molar-refractivity contribution in [3.8, 4) is 0 Å². The van der Waals surface area contributed by atoms with Gasteiger partial charge in [0.25, 0.3) is 0 Å². The van der Waals surface area contributed by atoms with Gasteiger partial charge in [-0.2, -0.15) is 0 Å². The second-order valence-electron chi connectivity index (χ2n) is 4.89. The molecule has 1 aromatic rings. The molecule has 0 saturated heterocycles. The number of thioether (sulfide) groups is 1. The minimum atomic E-state index is -0.627. The van der Waals surface area contributed by atoms with Crippen molar-refractivity contribution in [3.63, 3.8) is 0 Å². The molecule has 0 aromatic heterocycles. The Morgan fingerprint density at radius 1 is 1.33 bits per heavy atom. The summed E-state index contributed by atoms with van der Waals surface area (Å²) in [6.07, 6.45) is 1.04. The summed E-state index contributed by atoms with van der Waals surface area (Å²) in [6.45, 7) is 3.82. The standard InChI is InChI=1S/C15H21FN2O2S/c1-3-10(2)14(15(17)20)18-13(19)8-9-21-12-6-4-11(16)5-7-12/h4-7,10,14H,3,8-9H2,1-2H3,(H2,17,20)(H,18,19). The second kappa shape index (κ2) is 8.67. The highest BCUT2D eigenvalue weighted by molar-refractivity contribution is 7.99. The molecule has 0 aliphatic rings. The Bertz CT molecular complexity index is 479. The molecule has 2 amide bonds. The van der Waals surface area contributed by atoms with Gasteiger partial charge in [-0.05, 0) is 30.2 Å². The minimum absolute atomic E-state index is 0.0104. The highest BCUT2D eigenvalue weighted by Gasteiger charge is 2.23. The van der Waals surface area contributed by atoms with Crippen LogP contribution in [0.25, 0.3) is 0 Å². The Morgan fingerprint density at radius 3 is 2.48 bits per heavy atom. The van der Waals surface area contributed by atoms with Crippen LogP contribution in [-0.2, 0) is 9.59 Å². The number of carbonyl (C=O) groups is 2. The maximum atomic E-state index is 12.7. The van der Waals surface area contributed by atoms with Gasteiger partial charge in [-0.3, -0.25) is 9.59 Å². The third-order valence-corrected chi connectivity index (χ3v) is 4.26.